The molecule has 0 bridgehead atoms. The first kappa shape index (κ1) is 18.5. The lowest BCUT2D eigenvalue weighted by atomic mass is 10.4. The van der Waals surface area contributed by atoms with Gasteiger partial charge in [0.25, 0.3) is 0 Å². The summed E-state index contributed by atoms with van der Waals surface area (Å²) in [5.41, 5.74) is 0.417. The third kappa shape index (κ3) is 4.64. The molecule has 1 aliphatic heterocycles. The normalized spacial score (nSPS) is 16.8. The van der Waals surface area contributed by atoms with Crippen molar-refractivity contribution < 1.29 is 17.4 Å². The minimum Gasteiger partial charge on any atom is -0.467 e. The third-order valence-electron chi connectivity index (χ3n) is 4.05. The van der Waals surface area contributed by atoms with E-state index in [9.17, 15) is 8.42 Å². The molecule has 0 radical (unpaired) electrons. The molecule has 9 nitrogen and oxygen atoms in total. The second-order valence-electron chi connectivity index (χ2n) is 5.88. The monoisotopic (exact) mass is 381 g/mol. The van der Waals surface area contributed by atoms with E-state index >= 15 is 0 Å². The van der Waals surface area contributed by atoms with E-state index in [0.717, 1.165) is 18.3 Å². The van der Waals surface area contributed by atoms with E-state index in [0.29, 0.717) is 38.4 Å². The zero-order valence-electron chi connectivity index (χ0n) is 14.7. The van der Waals surface area contributed by atoms with Crippen LogP contribution in [0.5, 0.6) is 0 Å². The molecule has 1 fully saturated rings. The number of rotatable bonds is 6. The molecule has 1 N–H and O–H groups in total. The van der Waals surface area contributed by atoms with Crippen LogP contribution in [0, 0.1) is 0 Å². The minimum absolute atomic E-state index is 0.143. The largest absolute Gasteiger partial charge is 0.467 e. The number of nitrogens with zero attached hydrogens (tertiary/aromatic N) is 4. The molecule has 0 saturated carbocycles. The van der Waals surface area contributed by atoms with Crippen LogP contribution in [-0.4, -0.2) is 61.5 Å². The van der Waals surface area contributed by atoms with Gasteiger partial charge in [-0.25, -0.2) is 13.4 Å². The van der Waals surface area contributed by atoms with Gasteiger partial charge in [-0.2, -0.15) is 4.31 Å². The van der Waals surface area contributed by atoms with Crippen LogP contribution in [0.25, 0.3) is 0 Å². The molecule has 3 rings (SSSR count). The molecule has 3 heterocycles. The van der Waals surface area contributed by atoms with Crippen molar-refractivity contribution in [3.05, 3.63) is 42.2 Å². The van der Waals surface area contributed by atoms with Gasteiger partial charge in [-0.1, -0.05) is 5.16 Å². The molecule has 0 atom stereocenters. The van der Waals surface area contributed by atoms with Gasteiger partial charge in [-0.15, -0.1) is 0 Å². The lowest BCUT2D eigenvalue weighted by molar-refractivity contribution is 0.259. The van der Waals surface area contributed by atoms with Crippen LogP contribution in [0.3, 0.4) is 0 Å². The van der Waals surface area contributed by atoms with Gasteiger partial charge in [0.05, 0.1) is 12.0 Å². The summed E-state index contributed by atoms with van der Waals surface area (Å²) in [5, 5.41) is 6.93. The quantitative estimate of drug-likeness (QED) is 0.585. The lowest BCUT2D eigenvalue weighted by Crippen LogP contribution is -2.53. The molecule has 2 aromatic rings. The van der Waals surface area contributed by atoms with Crippen LogP contribution in [0.2, 0.25) is 0 Å². The first-order valence-corrected chi connectivity index (χ1v) is 10.1. The van der Waals surface area contributed by atoms with Crippen molar-refractivity contribution in [2.75, 3.05) is 32.7 Å². The SMILES string of the molecule is CCNC(=NCc1ccco1)N1CCN(S(=O)(=O)Cc2ccon2)CC1. The molecular weight excluding hydrogens is 358 g/mol. The van der Waals surface area contributed by atoms with Crippen LogP contribution in [0.4, 0.5) is 0 Å². The van der Waals surface area contributed by atoms with E-state index < -0.39 is 10.0 Å². The van der Waals surface area contributed by atoms with Gasteiger partial charge in [0.15, 0.2) is 5.96 Å². The lowest BCUT2D eigenvalue weighted by Gasteiger charge is -2.35. The highest BCUT2D eigenvalue weighted by atomic mass is 32.2. The molecular formula is C16H23N5O4S. The Morgan fingerprint density at radius 2 is 2.08 bits per heavy atom. The summed E-state index contributed by atoms with van der Waals surface area (Å²) in [6, 6.07) is 5.27. The van der Waals surface area contributed by atoms with Crippen molar-refractivity contribution in [2.24, 2.45) is 4.99 Å². The Morgan fingerprint density at radius 3 is 2.69 bits per heavy atom. The van der Waals surface area contributed by atoms with Crippen molar-refractivity contribution in [3.8, 4) is 0 Å². The Morgan fingerprint density at radius 1 is 1.27 bits per heavy atom. The van der Waals surface area contributed by atoms with E-state index in [4.69, 9.17) is 8.94 Å². The van der Waals surface area contributed by atoms with Crippen LogP contribution in [0.1, 0.15) is 18.4 Å². The maximum atomic E-state index is 12.5. The molecule has 1 saturated heterocycles. The van der Waals surface area contributed by atoms with Crippen molar-refractivity contribution in [2.45, 2.75) is 19.2 Å². The van der Waals surface area contributed by atoms with Crippen molar-refractivity contribution in [1.82, 2.24) is 19.7 Å². The predicted octanol–water partition coefficient (Wildman–Crippen LogP) is 0.881. The van der Waals surface area contributed by atoms with E-state index in [2.05, 4.69) is 20.4 Å². The van der Waals surface area contributed by atoms with Crippen molar-refractivity contribution in [1.29, 1.82) is 0 Å². The number of hydrogen-bond acceptors (Lipinski definition) is 6. The fourth-order valence-electron chi connectivity index (χ4n) is 2.75. The van der Waals surface area contributed by atoms with E-state index in [1.165, 1.54) is 10.6 Å². The first-order chi connectivity index (χ1) is 12.6. The van der Waals surface area contributed by atoms with Crippen LogP contribution < -0.4 is 5.32 Å². The van der Waals surface area contributed by atoms with Gasteiger partial charge in [-0.3, -0.25) is 0 Å². The summed E-state index contributed by atoms with van der Waals surface area (Å²) in [6.07, 6.45) is 3.00. The number of sulfonamides is 1. The molecule has 0 spiro atoms. The van der Waals surface area contributed by atoms with Crippen LogP contribution in [0.15, 0.2) is 44.7 Å². The zero-order chi connectivity index (χ0) is 18.4. The number of aromatic nitrogens is 1. The maximum absolute atomic E-state index is 12.5. The Balaban J connectivity index is 1.59. The molecule has 142 valence electrons. The van der Waals surface area contributed by atoms with Gasteiger partial charge in [0.1, 0.15) is 24.3 Å². The highest BCUT2D eigenvalue weighted by Gasteiger charge is 2.28. The van der Waals surface area contributed by atoms with Gasteiger partial charge < -0.3 is 19.2 Å². The molecule has 0 amide bonds. The highest BCUT2D eigenvalue weighted by molar-refractivity contribution is 7.88. The summed E-state index contributed by atoms with van der Waals surface area (Å²) in [4.78, 5) is 6.64. The predicted molar refractivity (Wildman–Crippen MR) is 95.8 cm³/mol. The summed E-state index contributed by atoms with van der Waals surface area (Å²) >= 11 is 0. The molecule has 0 aromatic carbocycles. The van der Waals surface area contributed by atoms with Crippen molar-refractivity contribution in [3.63, 3.8) is 0 Å². The highest BCUT2D eigenvalue weighted by Crippen LogP contribution is 2.13. The third-order valence-corrected chi connectivity index (χ3v) is 5.87. The summed E-state index contributed by atoms with van der Waals surface area (Å²) in [5.74, 6) is 1.41. The Hall–Kier alpha value is -2.33. The number of aliphatic imine (C=N–C) groups is 1. The summed E-state index contributed by atoms with van der Waals surface area (Å²) in [6.45, 7) is 5.14. The summed E-state index contributed by atoms with van der Waals surface area (Å²) in [7, 11) is -3.41. The Labute approximate surface area is 152 Å². The van der Waals surface area contributed by atoms with E-state index in [-0.39, 0.29) is 5.75 Å². The summed E-state index contributed by atoms with van der Waals surface area (Å²) < 4.78 is 36.5. The van der Waals surface area contributed by atoms with Crippen LogP contribution in [-0.2, 0) is 22.3 Å². The number of furan rings is 1. The Bertz CT molecular complexity index is 794. The van der Waals surface area contributed by atoms with E-state index in [1.807, 2.05) is 19.1 Å². The zero-order valence-corrected chi connectivity index (χ0v) is 15.5. The van der Waals surface area contributed by atoms with E-state index in [1.54, 1.807) is 12.3 Å². The smallest absolute Gasteiger partial charge is 0.220 e. The van der Waals surface area contributed by atoms with Gasteiger partial charge in [0, 0.05) is 38.8 Å². The van der Waals surface area contributed by atoms with Crippen molar-refractivity contribution >= 4 is 16.0 Å². The van der Waals surface area contributed by atoms with Gasteiger partial charge in [0.2, 0.25) is 10.0 Å². The average molecular weight is 381 g/mol. The standard InChI is InChI=1S/C16H23N5O4S/c1-2-17-16(18-12-15-4-3-10-24-15)20-6-8-21(9-7-20)26(22,23)13-14-5-11-25-19-14/h3-5,10-11H,2,6-9,12-13H2,1H3,(H,17,18). The maximum Gasteiger partial charge on any atom is 0.220 e. The van der Waals surface area contributed by atoms with Gasteiger partial charge >= 0.3 is 0 Å². The fourth-order valence-corrected chi connectivity index (χ4v) is 4.17. The van der Waals surface area contributed by atoms with Crippen LogP contribution >= 0.6 is 0 Å². The molecule has 1 aliphatic rings. The molecule has 10 heteroatoms. The second-order valence-corrected chi connectivity index (χ2v) is 7.85. The molecule has 2 aromatic heterocycles. The fraction of sp³-hybridized carbons (Fsp3) is 0.500. The molecule has 0 unspecified atom stereocenters. The minimum atomic E-state index is -3.41. The molecule has 26 heavy (non-hydrogen) atoms. The topological polar surface area (TPSA) is 104 Å². The number of nitrogens with one attached hydrogen (secondary N) is 1. The first-order valence-electron chi connectivity index (χ1n) is 8.51. The number of hydrogen-bond donors (Lipinski definition) is 1. The molecule has 0 aliphatic carbocycles. The number of guanidine groups is 1. The second kappa shape index (κ2) is 8.37. The average Bonchev–Trinajstić information content (AvgIpc) is 3.32. The Kier molecular flexibility index (Phi) is 5.94. The number of piperazine rings is 1. The van der Waals surface area contributed by atoms with Gasteiger partial charge in [-0.05, 0) is 19.1 Å².